The second-order valence-corrected chi connectivity index (χ2v) is 4.40. The second kappa shape index (κ2) is 7.17. The number of methoxy groups -OCH3 is 1. The maximum absolute atomic E-state index is 9.44. The number of nitrogens with one attached hydrogen (secondary N) is 1. The van der Waals surface area contributed by atoms with Crippen LogP contribution < -0.4 is 5.32 Å². The van der Waals surface area contributed by atoms with Gasteiger partial charge in [-0.2, -0.15) is 0 Å². The Morgan fingerprint density at radius 3 is 3.00 bits per heavy atom. The van der Waals surface area contributed by atoms with Crippen LogP contribution in [0.1, 0.15) is 19.3 Å². The van der Waals surface area contributed by atoms with Gasteiger partial charge in [-0.05, 0) is 26.4 Å². The largest absolute Gasteiger partial charge is 0.389 e. The average molecular weight is 216 g/mol. The minimum atomic E-state index is -0.385. The van der Waals surface area contributed by atoms with Crippen molar-refractivity contribution >= 4 is 0 Å². The summed E-state index contributed by atoms with van der Waals surface area (Å²) in [5, 5.41) is 12.7. The molecule has 2 atom stereocenters. The average Bonchev–Trinajstić information content (AvgIpc) is 2.21. The molecule has 2 unspecified atom stereocenters. The molecule has 0 radical (unpaired) electrons. The van der Waals surface area contributed by atoms with Crippen molar-refractivity contribution in [3.05, 3.63) is 0 Å². The smallest absolute Gasteiger partial charge is 0.0897 e. The van der Waals surface area contributed by atoms with E-state index in [0.717, 1.165) is 6.54 Å². The summed E-state index contributed by atoms with van der Waals surface area (Å²) in [7, 11) is 3.79. The summed E-state index contributed by atoms with van der Waals surface area (Å²) in [4.78, 5) is 2.40. The Balaban J connectivity index is 2.08. The Labute approximate surface area is 92.6 Å². The lowest BCUT2D eigenvalue weighted by Crippen LogP contribution is -2.44. The molecule has 0 spiro atoms. The first-order valence-corrected chi connectivity index (χ1v) is 5.82. The number of piperidine rings is 1. The number of aliphatic hydroxyl groups is 1. The first-order chi connectivity index (χ1) is 7.24. The van der Waals surface area contributed by atoms with Crippen molar-refractivity contribution in [3.8, 4) is 0 Å². The predicted molar refractivity (Wildman–Crippen MR) is 61.0 cm³/mol. The van der Waals surface area contributed by atoms with Gasteiger partial charge in [0.2, 0.25) is 0 Å². The fourth-order valence-corrected chi connectivity index (χ4v) is 2.07. The number of aliphatic hydroxyl groups excluding tert-OH is 1. The van der Waals surface area contributed by atoms with E-state index < -0.39 is 0 Å². The van der Waals surface area contributed by atoms with Crippen LogP contribution in [0.5, 0.6) is 0 Å². The van der Waals surface area contributed by atoms with Crippen LogP contribution in [0.15, 0.2) is 0 Å². The highest BCUT2D eigenvalue weighted by atomic mass is 16.5. The molecular weight excluding hydrogens is 192 g/mol. The molecule has 0 bridgehead atoms. The SMILES string of the molecule is COCC(O)CNCC1CCCCN1C. The summed E-state index contributed by atoms with van der Waals surface area (Å²) in [5.41, 5.74) is 0. The Morgan fingerprint density at radius 1 is 1.53 bits per heavy atom. The minimum Gasteiger partial charge on any atom is -0.389 e. The first-order valence-electron chi connectivity index (χ1n) is 5.82. The van der Waals surface area contributed by atoms with Gasteiger partial charge in [0.05, 0.1) is 12.7 Å². The second-order valence-electron chi connectivity index (χ2n) is 4.40. The zero-order valence-corrected chi connectivity index (χ0v) is 9.91. The molecule has 1 fully saturated rings. The van der Waals surface area contributed by atoms with E-state index in [0.29, 0.717) is 19.2 Å². The highest BCUT2D eigenvalue weighted by Crippen LogP contribution is 2.13. The molecule has 1 saturated heterocycles. The molecule has 0 aromatic heterocycles. The molecule has 2 N–H and O–H groups in total. The number of nitrogens with zero attached hydrogens (tertiary/aromatic N) is 1. The lowest BCUT2D eigenvalue weighted by atomic mass is 10.0. The van der Waals surface area contributed by atoms with Gasteiger partial charge in [0.15, 0.2) is 0 Å². The van der Waals surface area contributed by atoms with Crippen molar-refractivity contribution in [1.29, 1.82) is 0 Å². The third-order valence-corrected chi connectivity index (χ3v) is 3.04. The standard InChI is InChI=1S/C11H24N2O2/c1-13-6-4-3-5-10(13)7-12-8-11(14)9-15-2/h10-12,14H,3-9H2,1-2H3. The quantitative estimate of drug-likeness (QED) is 0.659. The zero-order valence-electron chi connectivity index (χ0n) is 9.91. The van der Waals surface area contributed by atoms with Crippen LogP contribution in [0.2, 0.25) is 0 Å². The van der Waals surface area contributed by atoms with Crippen LogP contribution in [0, 0.1) is 0 Å². The molecule has 1 heterocycles. The molecule has 1 aliphatic rings. The number of ether oxygens (including phenoxy) is 1. The molecule has 0 aromatic carbocycles. The summed E-state index contributed by atoms with van der Waals surface area (Å²) >= 11 is 0. The van der Waals surface area contributed by atoms with Gasteiger partial charge < -0.3 is 20.1 Å². The summed E-state index contributed by atoms with van der Waals surface area (Å²) in [6, 6.07) is 0.633. The van der Waals surface area contributed by atoms with Gasteiger partial charge in [0.1, 0.15) is 0 Å². The summed E-state index contributed by atoms with van der Waals surface area (Å²) in [6.45, 7) is 3.20. The van der Waals surface area contributed by atoms with Crippen molar-refractivity contribution in [2.75, 3.05) is 40.4 Å². The third-order valence-electron chi connectivity index (χ3n) is 3.04. The number of rotatable bonds is 6. The Hall–Kier alpha value is -0.160. The van der Waals surface area contributed by atoms with E-state index in [1.54, 1.807) is 7.11 Å². The van der Waals surface area contributed by atoms with Gasteiger partial charge in [0, 0.05) is 26.2 Å². The fraction of sp³-hybridized carbons (Fsp3) is 1.00. The van der Waals surface area contributed by atoms with E-state index in [1.165, 1.54) is 25.8 Å². The van der Waals surface area contributed by atoms with Crippen LogP contribution >= 0.6 is 0 Å². The van der Waals surface area contributed by atoms with Crippen molar-refractivity contribution in [3.63, 3.8) is 0 Å². The topological polar surface area (TPSA) is 44.7 Å². The summed E-state index contributed by atoms with van der Waals surface area (Å²) < 4.78 is 4.87. The van der Waals surface area contributed by atoms with Gasteiger partial charge in [-0.25, -0.2) is 0 Å². The van der Waals surface area contributed by atoms with Gasteiger partial charge in [-0.3, -0.25) is 0 Å². The molecule has 0 saturated carbocycles. The number of likely N-dealkylation sites (tertiary alicyclic amines) is 1. The normalized spacial score (nSPS) is 25.4. The summed E-state index contributed by atoms with van der Waals surface area (Å²) in [6.07, 6.45) is 3.53. The lowest BCUT2D eigenvalue weighted by Gasteiger charge is -2.32. The van der Waals surface area contributed by atoms with Crippen molar-refractivity contribution in [2.45, 2.75) is 31.4 Å². The predicted octanol–water partition coefficient (Wildman–Crippen LogP) is 0.0676. The monoisotopic (exact) mass is 216 g/mol. The maximum Gasteiger partial charge on any atom is 0.0897 e. The Morgan fingerprint density at radius 2 is 2.33 bits per heavy atom. The van der Waals surface area contributed by atoms with Crippen LogP contribution in [0.4, 0.5) is 0 Å². The number of hydrogen-bond donors (Lipinski definition) is 2. The molecule has 0 amide bonds. The molecule has 1 aliphatic heterocycles. The molecule has 4 nitrogen and oxygen atoms in total. The number of hydrogen-bond acceptors (Lipinski definition) is 4. The lowest BCUT2D eigenvalue weighted by molar-refractivity contribution is 0.0625. The third kappa shape index (κ3) is 4.93. The fourth-order valence-electron chi connectivity index (χ4n) is 2.07. The van der Waals surface area contributed by atoms with Gasteiger partial charge in [-0.1, -0.05) is 6.42 Å². The number of likely N-dealkylation sites (N-methyl/N-ethyl adjacent to an activating group) is 1. The van der Waals surface area contributed by atoms with Crippen LogP contribution in [-0.4, -0.2) is 62.6 Å². The van der Waals surface area contributed by atoms with E-state index >= 15 is 0 Å². The van der Waals surface area contributed by atoms with Gasteiger partial charge in [0.25, 0.3) is 0 Å². The van der Waals surface area contributed by atoms with E-state index in [1.807, 2.05) is 0 Å². The van der Waals surface area contributed by atoms with Crippen molar-refractivity contribution in [2.24, 2.45) is 0 Å². The van der Waals surface area contributed by atoms with Crippen LogP contribution in [0.3, 0.4) is 0 Å². The molecule has 15 heavy (non-hydrogen) atoms. The Bertz CT molecular complexity index is 167. The molecule has 90 valence electrons. The maximum atomic E-state index is 9.44. The first kappa shape index (κ1) is 12.9. The van der Waals surface area contributed by atoms with Crippen LogP contribution in [-0.2, 0) is 4.74 Å². The highest BCUT2D eigenvalue weighted by molar-refractivity contribution is 4.76. The van der Waals surface area contributed by atoms with Gasteiger partial charge in [-0.15, -0.1) is 0 Å². The van der Waals surface area contributed by atoms with E-state index in [9.17, 15) is 5.11 Å². The van der Waals surface area contributed by atoms with E-state index in [-0.39, 0.29) is 6.10 Å². The van der Waals surface area contributed by atoms with Crippen molar-refractivity contribution < 1.29 is 9.84 Å². The van der Waals surface area contributed by atoms with Crippen LogP contribution in [0.25, 0.3) is 0 Å². The molecule has 0 aromatic rings. The zero-order chi connectivity index (χ0) is 11.1. The molecule has 0 aliphatic carbocycles. The molecular formula is C11H24N2O2. The highest BCUT2D eigenvalue weighted by Gasteiger charge is 2.18. The molecule has 4 heteroatoms. The summed E-state index contributed by atoms with van der Waals surface area (Å²) in [5.74, 6) is 0. The van der Waals surface area contributed by atoms with E-state index in [2.05, 4.69) is 17.3 Å². The minimum absolute atomic E-state index is 0.385. The molecule has 1 rings (SSSR count). The van der Waals surface area contributed by atoms with Crippen molar-refractivity contribution in [1.82, 2.24) is 10.2 Å². The van der Waals surface area contributed by atoms with E-state index in [4.69, 9.17) is 4.74 Å². The van der Waals surface area contributed by atoms with Gasteiger partial charge >= 0.3 is 0 Å². The Kier molecular flexibility index (Phi) is 6.17.